The Morgan fingerprint density at radius 2 is 2.08 bits per heavy atom. The van der Waals surface area contributed by atoms with Crippen molar-refractivity contribution in [2.75, 3.05) is 13.2 Å². The van der Waals surface area contributed by atoms with Crippen molar-refractivity contribution in [3.63, 3.8) is 0 Å². The van der Waals surface area contributed by atoms with Crippen LogP contribution >= 0.6 is 0 Å². The van der Waals surface area contributed by atoms with Crippen molar-refractivity contribution < 1.29 is 9.84 Å². The average Bonchev–Trinajstić information content (AvgIpc) is 2.53. The fourth-order valence-electron chi connectivity index (χ4n) is 2.55. The fourth-order valence-corrected chi connectivity index (χ4v) is 2.55. The van der Waals surface area contributed by atoms with Gasteiger partial charge in [-0.1, -0.05) is 13.8 Å². The molecule has 1 N–H and O–H groups in total. The van der Waals surface area contributed by atoms with Crippen molar-refractivity contribution in [2.45, 2.75) is 38.7 Å². The number of ether oxygens (including phenoxy) is 1. The van der Waals surface area contributed by atoms with Gasteiger partial charge in [0.05, 0.1) is 12.2 Å². The van der Waals surface area contributed by atoms with E-state index in [0.29, 0.717) is 5.92 Å². The van der Waals surface area contributed by atoms with E-state index in [4.69, 9.17) is 4.74 Å². The zero-order valence-corrected chi connectivity index (χ0v) is 7.97. The summed E-state index contributed by atoms with van der Waals surface area (Å²) in [6.45, 7) is 5.92. The summed E-state index contributed by atoms with van der Waals surface area (Å²) >= 11 is 0. The van der Waals surface area contributed by atoms with Crippen LogP contribution in [0.25, 0.3) is 0 Å². The molecule has 12 heavy (non-hydrogen) atoms. The number of aliphatic hydroxyl groups is 1. The second-order valence-corrected chi connectivity index (χ2v) is 4.87. The van der Waals surface area contributed by atoms with Crippen LogP contribution in [0.4, 0.5) is 0 Å². The molecule has 1 saturated heterocycles. The first-order valence-electron chi connectivity index (χ1n) is 4.86. The van der Waals surface area contributed by atoms with Gasteiger partial charge >= 0.3 is 0 Å². The molecule has 2 aliphatic rings. The lowest BCUT2D eigenvalue weighted by atomic mass is 9.54. The van der Waals surface area contributed by atoms with Crippen LogP contribution in [0.15, 0.2) is 0 Å². The van der Waals surface area contributed by atoms with Crippen LogP contribution in [0.5, 0.6) is 0 Å². The molecular formula is C10H18O2. The molecule has 0 aromatic carbocycles. The van der Waals surface area contributed by atoms with Gasteiger partial charge < -0.3 is 9.84 Å². The second kappa shape index (κ2) is 2.46. The Labute approximate surface area is 73.9 Å². The third kappa shape index (κ3) is 0.944. The lowest BCUT2D eigenvalue weighted by Crippen LogP contribution is -2.58. The summed E-state index contributed by atoms with van der Waals surface area (Å²) in [5, 5.41) is 10.4. The predicted molar refractivity (Wildman–Crippen MR) is 46.9 cm³/mol. The molecule has 0 aromatic rings. The molecule has 2 heteroatoms. The van der Waals surface area contributed by atoms with Crippen LogP contribution in [-0.4, -0.2) is 23.9 Å². The van der Waals surface area contributed by atoms with Gasteiger partial charge in [-0.3, -0.25) is 0 Å². The molecule has 2 unspecified atom stereocenters. The minimum atomic E-state index is -0.427. The molecule has 2 fully saturated rings. The molecule has 0 aromatic heterocycles. The predicted octanol–water partition coefficient (Wildman–Crippen LogP) is 1.57. The van der Waals surface area contributed by atoms with Gasteiger partial charge in [0.1, 0.15) is 0 Å². The first-order chi connectivity index (χ1) is 5.56. The Bertz CT molecular complexity index is 182. The summed E-state index contributed by atoms with van der Waals surface area (Å²) in [5.41, 5.74) is -0.311. The molecule has 0 spiro atoms. The number of rotatable bonds is 1. The Morgan fingerprint density at radius 3 is 2.42 bits per heavy atom. The van der Waals surface area contributed by atoms with Crippen LogP contribution in [0.2, 0.25) is 0 Å². The van der Waals surface area contributed by atoms with Crippen molar-refractivity contribution >= 4 is 0 Å². The van der Waals surface area contributed by atoms with Gasteiger partial charge in [-0.15, -0.1) is 0 Å². The second-order valence-electron chi connectivity index (χ2n) is 4.87. The average molecular weight is 170 g/mol. The summed E-state index contributed by atoms with van der Waals surface area (Å²) in [4.78, 5) is 0. The molecule has 1 saturated carbocycles. The van der Waals surface area contributed by atoms with Gasteiger partial charge in [-0.05, 0) is 24.7 Å². The van der Waals surface area contributed by atoms with E-state index in [2.05, 4.69) is 13.8 Å². The maximum Gasteiger partial charge on any atom is 0.0749 e. The van der Waals surface area contributed by atoms with Gasteiger partial charge in [0.15, 0.2) is 0 Å². The first kappa shape index (κ1) is 8.52. The molecule has 0 bridgehead atoms. The highest BCUT2D eigenvalue weighted by Gasteiger charge is 2.56. The van der Waals surface area contributed by atoms with E-state index < -0.39 is 5.60 Å². The zero-order valence-electron chi connectivity index (χ0n) is 7.97. The van der Waals surface area contributed by atoms with E-state index in [9.17, 15) is 5.11 Å². The Hall–Kier alpha value is -0.0800. The Kier molecular flexibility index (Phi) is 1.74. The monoisotopic (exact) mass is 170 g/mol. The van der Waals surface area contributed by atoms with Crippen LogP contribution in [0.3, 0.4) is 0 Å². The lowest BCUT2D eigenvalue weighted by Gasteiger charge is -2.55. The van der Waals surface area contributed by atoms with Crippen molar-refractivity contribution in [3.8, 4) is 0 Å². The minimum absolute atomic E-state index is 0.116. The van der Waals surface area contributed by atoms with Crippen LogP contribution in [-0.2, 0) is 4.74 Å². The highest BCUT2D eigenvalue weighted by molar-refractivity contribution is 5.07. The number of hydrogen-bond donors (Lipinski definition) is 1. The summed E-state index contributed by atoms with van der Waals surface area (Å²) in [5.74, 6) is 0.390. The summed E-state index contributed by atoms with van der Waals surface area (Å²) in [6, 6.07) is 0. The zero-order chi connectivity index (χ0) is 8.82. The maximum absolute atomic E-state index is 10.4. The van der Waals surface area contributed by atoms with E-state index >= 15 is 0 Å². The molecule has 0 radical (unpaired) electrons. The summed E-state index contributed by atoms with van der Waals surface area (Å²) < 4.78 is 5.31. The fraction of sp³-hybridized carbons (Fsp3) is 1.00. The highest BCUT2D eigenvalue weighted by atomic mass is 16.5. The standard InChI is InChI=1S/C10H18O2/c1-9(2)4-5-10(9,11)8-3-6-12-7-8/h8,11H,3-7H2,1-2H3. The van der Waals surface area contributed by atoms with E-state index in [-0.39, 0.29) is 5.41 Å². The molecular weight excluding hydrogens is 152 g/mol. The molecule has 70 valence electrons. The molecule has 1 aliphatic heterocycles. The maximum atomic E-state index is 10.4. The van der Waals surface area contributed by atoms with Gasteiger partial charge in [-0.25, -0.2) is 0 Å². The van der Waals surface area contributed by atoms with Gasteiger partial charge in [0, 0.05) is 12.5 Å². The Morgan fingerprint density at radius 1 is 1.33 bits per heavy atom. The van der Waals surface area contributed by atoms with Gasteiger partial charge in [-0.2, -0.15) is 0 Å². The minimum Gasteiger partial charge on any atom is -0.389 e. The third-order valence-corrected chi connectivity index (χ3v) is 3.91. The topological polar surface area (TPSA) is 29.5 Å². The van der Waals surface area contributed by atoms with E-state index in [1.807, 2.05) is 0 Å². The molecule has 0 amide bonds. The molecule has 2 nitrogen and oxygen atoms in total. The van der Waals surface area contributed by atoms with Crippen molar-refractivity contribution in [2.24, 2.45) is 11.3 Å². The largest absolute Gasteiger partial charge is 0.389 e. The third-order valence-electron chi connectivity index (χ3n) is 3.91. The first-order valence-corrected chi connectivity index (χ1v) is 4.86. The molecule has 1 aliphatic carbocycles. The Balaban J connectivity index is 2.10. The van der Waals surface area contributed by atoms with Crippen LogP contribution < -0.4 is 0 Å². The van der Waals surface area contributed by atoms with E-state index in [1.54, 1.807) is 0 Å². The summed E-state index contributed by atoms with van der Waals surface area (Å²) in [6.07, 6.45) is 3.16. The van der Waals surface area contributed by atoms with E-state index in [1.165, 1.54) is 0 Å². The SMILES string of the molecule is CC1(C)CCC1(O)C1CCOC1. The smallest absolute Gasteiger partial charge is 0.0749 e. The molecule has 2 rings (SSSR count). The molecule has 2 atom stereocenters. The quantitative estimate of drug-likeness (QED) is 0.647. The van der Waals surface area contributed by atoms with Crippen molar-refractivity contribution in [3.05, 3.63) is 0 Å². The highest BCUT2D eigenvalue weighted by Crippen LogP contribution is 2.54. The number of hydrogen-bond acceptors (Lipinski definition) is 2. The van der Waals surface area contributed by atoms with Crippen molar-refractivity contribution in [1.82, 2.24) is 0 Å². The van der Waals surface area contributed by atoms with Crippen molar-refractivity contribution in [1.29, 1.82) is 0 Å². The summed E-state index contributed by atoms with van der Waals surface area (Å²) in [7, 11) is 0. The molecule has 1 heterocycles. The van der Waals surface area contributed by atoms with Crippen LogP contribution in [0.1, 0.15) is 33.1 Å². The van der Waals surface area contributed by atoms with Crippen LogP contribution in [0, 0.1) is 11.3 Å². The normalized spacial score (nSPS) is 45.8. The lowest BCUT2D eigenvalue weighted by molar-refractivity contribution is -0.184. The van der Waals surface area contributed by atoms with E-state index in [0.717, 1.165) is 32.5 Å². The van der Waals surface area contributed by atoms with Gasteiger partial charge in [0.25, 0.3) is 0 Å². The van der Waals surface area contributed by atoms with Gasteiger partial charge in [0.2, 0.25) is 0 Å².